The summed E-state index contributed by atoms with van der Waals surface area (Å²) in [7, 11) is 0. The number of benzene rings is 1. The molecule has 0 amide bonds. The number of rotatable bonds is 3. The van der Waals surface area contributed by atoms with E-state index in [0.29, 0.717) is 27.7 Å². The number of likely N-dealkylation sites (tertiary alicyclic amines) is 1. The van der Waals surface area contributed by atoms with Crippen molar-refractivity contribution in [1.82, 2.24) is 4.90 Å². The van der Waals surface area contributed by atoms with Gasteiger partial charge in [0.05, 0.1) is 0 Å². The molecule has 0 radical (unpaired) electrons. The molecule has 1 aliphatic rings. The molecular formula is C14H18F2N2S2. The molecule has 0 aromatic heterocycles. The van der Waals surface area contributed by atoms with E-state index in [1.54, 1.807) is 24.3 Å². The molecule has 1 atom stereocenters. The van der Waals surface area contributed by atoms with Gasteiger partial charge in [0.1, 0.15) is 0 Å². The maximum Gasteiger partial charge on any atom is 0.288 e. The van der Waals surface area contributed by atoms with Crippen LogP contribution in [0.5, 0.6) is 0 Å². The molecule has 1 heterocycles. The molecule has 0 spiro atoms. The fraction of sp³-hybridized carbons (Fsp3) is 0.500. The van der Waals surface area contributed by atoms with Crippen LogP contribution in [0.2, 0.25) is 0 Å². The maximum absolute atomic E-state index is 12.2. The van der Waals surface area contributed by atoms with Gasteiger partial charge in [-0.2, -0.15) is 8.78 Å². The smallest absolute Gasteiger partial charge is 0.288 e. The lowest BCUT2D eigenvalue weighted by Crippen LogP contribution is -2.41. The molecule has 2 nitrogen and oxygen atoms in total. The second kappa shape index (κ2) is 7.22. The molecule has 110 valence electrons. The number of nitrogens with one attached hydrogen (secondary N) is 1. The molecule has 1 N–H and O–H groups in total. The third kappa shape index (κ3) is 4.59. The Bertz CT molecular complexity index is 451. The maximum atomic E-state index is 12.2. The van der Waals surface area contributed by atoms with Gasteiger partial charge < -0.3 is 10.2 Å². The van der Waals surface area contributed by atoms with Crippen molar-refractivity contribution in [3.63, 3.8) is 0 Å². The quantitative estimate of drug-likeness (QED) is 0.655. The highest BCUT2D eigenvalue weighted by Crippen LogP contribution is 2.26. The van der Waals surface area contributed by atoms with Gasteiger partial charge in [-0.15, -0.1) is 0 Å². The minimum Gasteiger partial charge on any atom is -0.349 e. The van der Waals surface area contributed by atoms with E-state index in [-0.39, 0.29) is 0 Å². The van der Waals surface area contributed by atoms with Gasteiger partial charge in [0.15, 0.2) is 5.11 Å². The molecule has 1 aromatic rings. The van der Waals surface area contributed by atoms with Gasteiger partial charge in [0.25, 0.3) is 5.76 Å². The van der Waals surface area contributed by atoms with Gasteiger partial charge in [0, 0.05) is 23.7 Å². The lowest BCUT2D eigenvalue weighted by Gasteiger charge is -2.33. The highest BCUT2D eigenvalue weighted by atomic mass is 32.2. The number of nitrogens with zero attached hydrogens (tertiary/aromatic N) is 1. The molecule has 0 aliphatic carbocycles. The third-order valence-electron chi connectivity index (χ3n) is 3.27. The Kier molecular flexibility index (Phi) is 5.60. The summed E-state index contributed by atoms with van der Waals surface area (Å²) in [4.78, 5) is 2.73. The van der Waals surface area contributed by atoms with E-state index >= 15 is 0 Å². The Labute approximate surface area is 127 Å². The van der Waals surface area contributed by atoms with E-state index in [4.69, 9.17) is 12.2 Å². The first kappa shape index (κ1) is 15.5. The van der Waals surface area contributed by atoms with Crippen molar-refractivity contribution in [1.29, 1.82) is 0 Å². The lowest BCUT2D eigenvalue weighted by molar-refractivity contribution is 0.252. The first-order valence-corrected chi connectivity index (χ1v) is 7.94. The number of alkyl halides is 2. The number of hydrogen-bond donors (Lipinski definition) is 1. The van der Waals surface area contributed by atoms with Crippen molar-refractivity contribution >= 4 is 34.8 Å². The van der Waals surface area contributed by atoms with Crippen LogP contribution >= 0.6 is 24.0 Å². The largest absolute Gasteiger partial charge is 0.349 e. The van der Waals surface area contributed by atoms with Crippen LogP contribution in [-0.2, 0) is 0 Å². The molecule has 0 bridgehead atoms. The van der Waals surface area contributed by atoms with Crippen LogP contribution < -0.4 is 5.32 Å². The number of anilines is 1. The van der Waals surface area contributed by atoms with Crippen molar-refractivity contribution in [2.45, 2.75) is 30.4 Å². The van der Waals surface area contributed by atoms with Gasteiger partial charge in [-0.05, 0) is 55.2 Å². The van der Waals surface area contributed by atoms with Crippen LogP contribution in [0.3, 0.4) is 0 Å². The second-order valence-corrected chi connectivity index (χ2v) is 6.48. The Hall–Kier alpha value is -0.880. The zero-order chi connectivity index (χ0) is 14.5. The number of thioether (sulfide) groups is 1. The summed E-state index contributed by atoms with van der Waals surface area (Å²) in [6, 6.07) is 6.93. The summed E-state index contributed by atoms with van der Waals surface area (Å²) in [5, 5.41) is 3.89. The summed E-state index contributed by atoms with van der Waals surface area (Å²) in [6.45, 7) is 4.19. The molecular weight excluding hydrogens is 298 g/mol. The first-order valence-electron chi connectivity index (χ1n) is 6.65. The van der Waals surface area contributed by atoms with Gasteiger partial charge in [-0.3, -0.25) is 0 Å². The fourth-order valence-corrected chi connectivity index (χ4v) is 3.08. The predicted molar refractivity (Wildman–Crippen MR) is 84.5 cm³/mol. The molecule has 1 saturated heterocycles. The molecule has 1 aliphatic heterocycles. The van der Waals surface area contributed by atoms with E-state index < -0.39 is 5.76 Å². The topological polar surface area (TPSA) is 15.3 Å². The molecule has 0 saturated carbocycles. The summed E-state index contributed by atoms with van der Waals surface area (Å²) in [5.74, 6) is -1.72. The van der Waals surface area contributed by atoms with Crippen LogP contribution in [0.4, 0.5) is 14.5 Å². The first-order chi connectivity index (χ1) is 9.54. The third-order valence-corrected chi connectivity index (χ3v) is 4.36. The van der Waals surface area contributed by atoms with Crippen LogP contribution in [-0.4, -0.2) is 28.9 Å². The highest BCUT2D eigenvalue weighted by Gasteiger charge is 2.18. The Morgan fingerprint density at radius 3 is 2.70 bits per heavy atom. The summed E-state index contributed by atoms with van der Waals surface area (Å²) < 4.78 is 24.5. The molecule has 2 rings (SSSR count). The van der Waals surface area contributed by atoms with Crippen molar-refractivity contribution in [2.75, 3.05) is 18.4 Å². The van der Waals surface area contributed by atoms with Crippen LogP contribution in [0.25, 0.3) is 0 Å². The summed E-state index contributed by atoms with van der Waals surface area (Å²) >= 11 is 5.95. The van der Waals surface area contributed by atoms with Crippen molar-refractivity contribution < 1.29 is 8.78 Å². The number of hydrogen-bond acceptors (Lipinski definition) is 2. The average Bonchev–Trinajstić information content (AvgIpc) is 2.40. The normalized spacial score (nSPS) is 19.2. The average molecular weight is 316 g/mol. The zero-order valence-corrected chi connectivity index (χ0v) is 12.9. The summed E-state index contributed by atoms with van der Waals surface area (Å²) in [6.07, 6.45) is 2.41. The van der Waals surface area contributed by atoms with Gasteiger partial charge in [0.2, 0.25) is 0 Å². The Morgan fingerprint density at radius 2 is 2.10 bits per heavy atom. The van der Waals surface area contributed by atoms with Gasteiger partial charge >= 0.3 is 0 Å². The van der Waals surface area contributed by atoms with Crippen molar-refractivity contribution in [2.24, 2.45) is 5.92 Å². The van der Waals surface area contributed by atoms with E-state index in [1.165, 1.54) is 6.42 Å². The summed E-state index contributed by atoms with van der Waals surface area (Å²) in [5.41, 5.74) is 0.840. The lowest BCUT2D eigenvalue weighted by atomic mass is 10.0. The predicted octanol–water partition coefficient (Wildman–Crippen LogP) is 4.43. The van der Waals surface area contributed by atoms with Gasteiger partial charge in [-0.1, -0.05) is 18.7 Å². The molecule has 0 unspecified atom stereocenters. The van der Waals surface area contributed by atoms with E-state index in [1.807, 2.05) is 0 Å². The SMILES string of the molecule is C[C@@H]1CCCN(C(=S)Nc2ccc(SC(F)F)cc2)C1. The van der Waals surface area contributed by atoms with Crippen LogP contribution in [0, 0.1) is 5.92 Å². The minimum atomic E-state index is -2.38. The zero-order valence-electron chi connectivity index (χ0n) is 11.3. The number of piperidine rings is 1. The molecule has 1 fully saturated rings. The van der Waals surface area contributed by atoms with E-state index in [2.05, 4.69) is 17.1 Å². The molecule has 20 heavy (non-hydrogen) atoms. The standard InChI is InChI=1S/C14H18F2N2S2/c1-10-3-2-8-18(9-10)14(19)17-11-4-6-12(7-5-11)20-13(15)16/h4-7,10,13H,2-3,8-9H2,1H3,(H,17,19)/t10-/m1/s1. The number of thiocarbonyl (C=S) groups is 1. The highest BCUT2D eigenvalue weighted by molar-refractivity contribution is 7.99. The van der Waals surface area contributed by atoms with E-state index in [0.717, 1.165) is 25.2 Å². The van der Waals surface area contributed by atoms with Crippen LogP contribution in [0.15, 0.2) is 29.2 Å². The second-order valence-electron chi connectivity index (χ2n) is 5.03. The monoisotopic (exact) mass is 316 g/mol. The fourth-order valence-electron chi connectivity index (χ4n) is 2.30. The molecule has 6 heteroatoms. The van der Waals surface area contributed by atoms with Crippen molar-refractivity contribution in [3.8, 4) is 0 Å². The Morgan fingerprint density at radius 1 is 1.40 bits per heavy atom. The number of halogens is 2. The minimum absolute atomic E-state index is 0.550. The van der Waals surface area contributed by atoms with Crippen molar-refractivity contribution in [3.05, 3.63) is 24.3 Å². The Balaban J connectivity index is 1.90. The van der Waals surface area contributed by atoms with Crippen LogP contribution in [0.1, 0.15) is 19.8 Å². The van der Waals surface area contributed by atoms with E-state index in [9.17, 15) is 8.78 Å². The molecule has 1 aromatic carbocycles. The van der Waals surface area contributed by atoms with Gasteiger partial charge in [-0.25, -0.2) is 0 Å².